The number of hydrogen-bond donors (Lipinski definition) is 0. The van der Waals surface area contributed by atoms with Crippen molar-refractivity contribution in [1.29, 1.82) is 0 Å². The van der Waals surface area contributed by atoms with Crippen LogP contribution in [0, 0.1) is 0 Å². The number of ether oxygens (including phenoxy) is 2. The third-order valence-electron chi connectivity index (χ3n) is 5.86. The molecule has 0 amide bonds. The smallest absolute Gasteiger partial charge is 0.0810 e. The van der Waals surface area contributed by atoms with Crippen molar-refractivity contribution in [1.82, 2.24) is 0 Å². The van der Waals surface area contributed by atoms with Crippen LogP contribution in [-0.4, -0.2) is 25.9 Å². The van der Waals surface area contributed by atoms with E-state index in [4.69, 9.17) is 9.47 Å². The lowest BCUT2D eigenvalue weighted by molar-refractivity contribution is 0.125. The van der Waals surface area contributed by atoms with E-state index in [1.165, 1.54) is 128 Å². The van der Waals surface area contributed by atoms with Gasteiger partial charge < -0.3 is 9.47 Å². The second kappa shape index (κ2) is 20.6. The van der Waals surface area contributed by atoms with Crippen LogP contribution in [0.2, 0.25) is 0 Å². The third kappa shape index (κ3) is 20.5. The molecule has 0 radical (unpaired) electrons. The van der Waals surface area contributed by atoms with Crippen molar-refractivity contribution in [2.45, 2.75) is 141 Å². The van der Waals surface area contributed by atoms with E-state index in [0.717, 1.165) is 19.8 Å². The highest BCUT2D eigenvalue weighted by atomic mass is 16.6. The van der Waals surface area contributed by atoms with Crippen molar-refractivity contribution in [3.63, 3.8) is 0 Å². The Balaban J connectivity index is 1.59. The lowest BCUT2D eigenvalue weighted by Crippen LogP contribution is -1.97. The Hall–Kier alpha value is -0.0800. The summed E-state index contributed by atoms with van der Waals surface area (Å²) in [5.74, 6) is 0. The summed E-state index contributed by atoms with van der Waals surface area (Å²) in [6.07, 6.45) is 28.6. The highest BCUT2D eigenvalue weighted by molar-refractivity contribution is 4.68. The molecule has 162 valence electrons. The molecule has 0 aliphatic carbocycles. The normalized spacial score (nSPS) is 16.1. The fraction of sp³-hybridized carbons (Fsp3) is 1.00. The maximum absolute atomic E-state index is 5.74. The molecule has 1 unspecified atom stereocenters. The Kier molecular flexibility index (Phi) is 19.1. The van der Waals surface area contributed by atoms with E-state index in [1.807, 2.05) is 0 Å². The molecule has 0 bridgehead atoms. The lowest BCUT2D eigenvalue weighted by Gasteiger charge is -2.05. The van der Waals surface area contributed by atoms with Crippen molar-refractivity contribution >= 4 is 0 Å². The van der Waals surface area contributed by atoms with Crippen LogP contribution in [0.15, 0.2) is 0 Å². The second-order valence-corrected chi connectivity index (χ2v) is 8.72. The van der Waals surface area contributed by atoms with Crippen molar-refractivity contribution < 1.29 is 9.47 Å². The number of rotatable bonds is 23. The van der Waals surface area contributed by atoms with E-state index >= 15 is 0 Å². The molecule has 1 rings (SSSR count). The summed E-state index contributed by atoms with van der Waals surface area (Å²) in [6.45, 7) is 5.24. The monoisotopic (exact) mass is 382 g/mol. The van der Waals surface area contributed by atoms with Crippen molar-refractivity contribution in [3.05, 3.63) is 0 Å². The van der Waals surface area contributed by atoms with Crippen LogP contribution in [0.4, 0.5) is 0 Å². The van der Waals surface area contributed by atoms with E-state index in [1.54, 1.807) is 0 Å². The molecule has 0 aromatic heterocycles. The van der Waals surface area contributed by atoms with Crippen LogP contribution >= 0.6 is 0 Å². The SMILES string of the molecule is CCCCCCCCCCCCCCCCCCOCCCCCC1CO1. The summed E-state index contributed by atoms with van der Waals surface area (Å²) in [6, 6.07) is 0. The van der Waals surface area contributed by atoms with Gasteiger partial charge in [0.15, 0.2) is 0 Å². The van der Waals surface area contributed by atoms with Gasteiger partial charge in [0.25, 0.3) is 0 Å². The zero-order valence-corrected chi connectivity index (χ0v) is 18.7. The molecule has 0 saturated carbocycles. The first-order valence-electron chi connectivity index (χ1n) is 12.6. The molecule has 0 spiro atoms. The summed E-state index contributed by atoms with van der Waals surface area (Å²) in [5, 5.41) is 0. The highest BCUT2D eigenvalue weighted by Crippen LogP contribution is 2.17. The van der Waals surface area contributed by atoms with Gasteiger partial charge in [0.05, 0.1) is 12.7 Å². The van der Waals surface area contributed by atoms with E-state index in [9.17, 15) is 0 Å². The Morgan fingerprint density at radius 2 is 0.926 bits per heavy atom. The van der Waals surface area contributed by atoms with Crippen LogP contribution in [0.3, 0.4) is 0 Å². The molecule has 2 heteroatoms. The van der Waals surface area contributed by atoms with Gasteiger partial charge in [-0.1, -0.05) is 116 Å². The summed E-state index contributed by atoms with van der Waals surface area (Å²) >= 11 is 0. The van der Waals surface area contributed by atoms with Crippen molar-refractivity contribution in [2.24, 2.45) is 0 Å². The minimum absolute atomic E-state index is 0.607. The molecule has 0 aromatic rings. The number of unbranched alkanes of at least 4 members (excludes halogenated alkanes) is 17. The lowest BCUT2D eigenvalue weighted by atomic mass is 10.0. The van der Waals surface area contributed by atoms with Gasteiger partial charge in [0, 0.05) is 13.2 Å². The zero-order chi connectivity index (χ0) is 19.3. The van der Waals surface area contributed by atoms with E-state index in [-0.39, 0.29) is 0 Å². The maximum Gasteiger partial charge on any atom is 0.0810 e. The molecule has 1 atom stereocenters. The molecule has 1 aliphatic heterocycles. The Bertz CT molecular complexity index is 275. The first-order chi connectivity index (χ1) is 13.4. The molecule has 27 heavy (non-hydrogen) atoms. The summed E-state index contributed by atoms with van der Waals surface area (Å²) in [7, 11) is 0. The van der Waals surface area contributed by atoms with E-state index in [0.29, 0.717) is 6.10 Å². The van der Waals surface area contributed by atoms with Crippen LogP contribution in [-0.2, 0) is 9.47 Å². The fourth-order valence-corrected chi connectivity index (χ4v) is 3.84. The molecule has 1 aliphatic rings. The largest absolute Gasteiger partial charge is 0.381 e. The first kappa shape index (κ1) is 25.0. The minimum Gasteiger partial charge on any atom is -0.381 e. The average Bonchev–Trinajstić information content (AvgIpc) is 3.50. The minimum atomic E-state index is 0.607. The predicted octanol–water partition coefficient (Wildman–Crippen LogP) is 8.22. The molecule has 1 saturated heterocycles. The van der Waals surface area contributed by atoms with Gasteiger partial charge in [-0.25, -0.2) is 0 Å². The Labute approximate surface area is 171 Å². The quantitative estimate of drug-likeness (QED) is 0.131. The Morgan fingerprint density at radius 1 is 0.556 bits per heavy atom. The van der Waals surface area contributed by atoms with Gasteiger partial charge >= 0.3 is 0 Å². The van der Waals surface area contributed by atoms with Crippen LogP contribution in [0.5, 0.6) is 0 Å². The van der Waals surface area contributed by atoms with Gasteiger partial charge in [-0.3, -0.25) is 0 Å². The molecular formula is C25H50O2. The first-order valence-corrected chi connectivity index (χ1v) is 12.6. The van der Waals surface area contributed by atoms with Crippen LogP contribution in [0.25, 0.3) is 0 Å². The van der Waals surface area contributed by atoms with Gasteiger partial charge in [-0.15, -0.1) is 0 Å². The number of epoxide rings is 1. The topological polar surface area (TPSA) is 21.8 Å². The maximum atomic E-state index is 5.74. The molecular weight excluding hydrogens is 332 g/mol. The molecule has 1 fully saturated rings. The summed E-state index contributed by atoms with van der Waals surface area (Å²) in [4.78, 5) is 0. The third-order valence-corrected chi connectivity index (χ3v) is 5.86. The Morgan fingerprint density at radius 3 is 1.33 bits per heavy atom. The van der Waals surface area contributed by atoms with E-state index < -0.39 is 0 Å². The van der Waals surface area contributed by atoms with Crippen LogP contribution in [0.1, 0.15) is 135 Å². The van der Waals surface area contributed by atoms with Gasteiger partial charge in [-0.05, 0) is 19.3 Å². The van der Waals surface area contributed by atoms with Crippen LogP contribution < -0.4 is 0 Å². The summed E-state index contributed by atoms with van der Waals surface area (Å²) in [5.41, 5.74) is 0. The fourth-order valence-electron chi connectivity index (χ4n) is 3.84. The van der Waals surface area contributed by atoms with Crippen molar-refractivity contribution in [2.75, 3.05) is 19.8 Å². The average molecular weight is 383 g/mol. The summed E-state index contributed by atoms with van der Waals surface area (Å²) < 4.78 is 11.0. The van der Waals surface area contributed by atoms with Gasteiger partial charge in [0.2, 0.25) is 0 Å². The molecule has 0 aromatic carbocycles. The molecule has 0 N–H and O–H groups in total. The molecule has 1 heterocycles. The molecule has 2 nitrogen and oxygen atoms in total. The van der Waals surface area contributed by atoms with Crippen molar-refractivity contribution in [3.8, 4) is 0 Å². The standard InChI is InChI=1S/C25H50O2/c1-2-3-4-5-6-7-8-9-10-11-12-13-14-15-16-19-22-26-23-20-17-18-21-25-24-27-25/h25H,2-24H2,1H3. The van der Waals surface area contributed by atoms with E-state index in [2.05, 4.69) is 6.92 Å². The second-order valence-electron chi connectivity index (χ2n) is 8.72. The highest BCUT2D eigenvalue weighted by Gasteiger charge is 2.20. The zero-order valence-electron chi connectivity index (χ0n) is 18.7. The number of hydrogen-bond acceptors (Lipinski definition) is 2. The predicted molar refractivity (Wildman–Crippen MR) is 119 cm³/mol. The van der Waals surface area contributed by atoms with Gasteiger partial charge in [-0.2, -0.15) is 0 Å². The van der Waals surface area contributed by atoms with Gasteiger partial charge in [0.1, 0.15) is 0 Å².